The largest absolute Gasteiger partial charge is 0.394 e. The predicted octanol–water partition coefficient (Wildman–Crippen LogP) is 0.447. The van der Waals surface area contributed by atoms with Crippen molar-refractivity contribution in [3.05, 3.63) is 0 Å². The minimum Gasteiger partial charge on any atom is -0.394 e. The van der Waals surface area contributed by atoms with Crippen molar-refractivity contribution < 1.29 is 25.2 Å². The van der Waals surface area contributed by atoms with Crippen molar-refractivity contribution in [2.75, 3.05) is 6.61 Å². The molecule has 1 fully saturated rings. The van der Waals surface area contributed by atoms with Gasteiger partial charge in [-0.25, -0.2) is 0 Å². The van der Waals surface area contributed by atoms with Crippen LogP contribution in [0.4, 0.5) is 0 Å². The molecule has 0 unspecified atom stereocenters. The molecule has 0 amide bonds. The van der Waals surface area contributed by atoms with Gasteiger partial charge in [-0.3, -0.25) is 0 Å². The molecule has 1 saturated heterocycles. The van der Waals surface area contributed by atoms with Gasteiger partial charge < -0.3 is 25.2 Å². The van der Waals surface area contributed by atoms with Gasteiger partial charge in [-0.15, -0.1) is 12.6 Å². The first-order chi connectivity index (χ1) is 8.96. The smallest absolute Gasteiger partial charge is 0.140 e. The molecule has 0 bridgehead atoms. The Labute approximate surface area is 120 Å². The summed E-state index contributed by atoms with van der Waals surface area (Å²) < 4.78 is 5.48. The molecule has 0 aliphatic carbocycles. The number of aliphatic hydroxyl groups is 4. The molecular weight excluding hydrogens is 268 g/mol. The van der Waals surface area contributed by atoms with Crippen LogP contribution < -0.4 is 0 Å². The van der Waals surface area contributed by atoms with E-state index in [0.717, 1.165) is 25.7 Å². The number of hydrogen-bond acceptors (Lipinski definition) is 6. The van der Waals surface area contributed by atoms with E-state index in [1.54, 1.807) is 0 Å². The average molecular weight is 294 g/mol. The van der Waals surface area contributed by atoms with Crippen molar-refractivity contribution in [3.63, 3.8) is 0 Å². The molecule has 114 valence electrons. The SMILES string of the molecule is CCCCCCC[C@@]1(S)O[C@H](CO)[C@@H](O)[C@H](O)[C@H]1O. The standard InChI is InChI=1S/C13H26O5S/c1-2-3-4-5-6-7-13(19)12(17)11(16)10(15)9(8-14)18-13/h9-12,14-17,19H,2-8H2,1H3/t9-,10-,11+,12-,13+/m1/s1. The van der Waals surface area contributed by atoms with Crippen LogP contribution in [0.1, 0.15) is 45.4 Å². The Hall–Kier alpha value is 0.150. The molecule has 1 rings (SSSR count). The van der Waals surface area contributed by atoms with Gasteiger partial charge in [-0.2, -0.15) is 0 Å². The van der Waals surface area contributed by atoms with Gasteiger partial charge in [-0.05, 0) is 12.8 Å². The van der Waals surface area contributed by atoms with E-state index in [-0.39, 0.29) is 0 Å². The molecule has 1 aliphatic heterocycles. The molecule has 5 nitrogen and oxygen atoms in total. The fourth-order valence-electron chi connectivity index (χ4n) is 2.41. The first-order valence-electron chi connectivity index (χ1n) is 7.01. The second-order valence-electron chi connectivity index (χ2n) is 5.27. The number of ether oxygens (including phenoxy) is 1. The Bertz CT molecular complexity index is 263. The molecule has 4 N–H and O–H groups in total. The zero-order valence-corrected chi connectivity index (χ0v) is 12.3. The van der Waals surface area contributed by atoms with Crippen LogP contribution in [0, 0.1) is 0 Å². The van der Waals surface area contributed by atoms with E-state index >= 15 is 0 Å². The quantitative estimate of drug-likeness (QED) is 0.347. The van der Waals surface area contributed by atoms with Gasteiger partial charge in [0.2, 0.25) is 0 Å². The van der Waals surface area contributed by atoms with Gasteiger partial charge in [0.25, 0.3) is 0 Å². The van der Waals surface area contributed by atoms with Gasteiger partial charge in [0, 0.05) is 0 Å². The van der Waals surface area contributed by atoms with Crippen molar-refractivity contribution in [2.45, 2.75) is 74.8 Å². The third-order valence-corrected chi connectivity index (χ3v) is 4.28. The predicted molar refractivity (Wildman–Crippen MR) is 75.1 cm³/mol. The molecule has 1 heterocycles. The summed E-state index contributed by atoms with van der Waals surface area (Å²) >= 11 is 4.33. The normalized spacial score (nSPS) is 39.5. The molecule has 1 aliphatic rings. The van der Waals surface area contributed by atoms with Crippen LogP contribution in [-0.4, -0.2) is 56.4 Å². The van der Waals surface area contributed by atoms with Crippen molar-refractivity contribution in [1.29, 1.82) is 0 Å². The lowest BCUT2D eigenvalue weighted by atomic mass is 9.91. The van der Waals surface area contributed by atoms with Gasteiger partial charge in [0.05, 0.1) is 6.61 Å². The fraction of sp³-hybridized carbons (Fsp3) is 1.00. The second-order valence-corrected chi connectivity index (χ2v) is 6.03. The van der Waals surface area contributed by atoms with E-state index < -0.39 is 36.0 Å². The number of aliphatic hydroxyl groups excluding tert-OH is 4. The van der Waals surface area contributed by atoms with Gasteiger partial charge in [0.15, 0.2) is 0 Å². The monoisotopic (exact) mass is 294 g/mol. The molecule has 0 aromatic carbocycles. The number of unbranched alkanes of at least 4 members (excludes halogenated alkanes) is 4. The van der Waals surface area contributed by atoms with Crippen molar-refractivity contribution in [3.8, 4) is 0 Å². The first-order valence-corrected chi connectivity index (χ1v) is 7.46. The van der Waals surface area contributed by atoms with Gasteiger partial charge in [0.1, 0.15) is 29.3 Å². The lowest BCUT2D eigenvalue weighted by molar-refractivity contribution is -0.243. The highest BCUT2D eigenvalue weighted by atomic mass is 32.1. The van der Waals surface area contributed by atoms with Crippen molar-refractivity contribution in [2.24, 2.45) is 0 Å². The molecular formula is C13H26O5S. The van der Waals surface area contributed by atoms with Crippen molar-refractivity contribution in [1.82, 2.24) is 0 Å². The Kier molecular flexibility index (Phi) is 7.07. The minimum atomic E-state index is -1.35. The van der Waals surface area contributed by atoms with Gasteiger partial charge >= 0.3 is 0 Å². The van der Waals surface area contributed by atoms with E-state index in [1.807, 2.05) is 0 Å². The molecule has 5 atom stereocenters. The summed E-state index contributed by atoms with van der Waals surface area (Å²) in [4.78, 5) is -1.21. The zero-order chi connectivity index (χ0) is 14.5. The molecule has 0 spiro atoms. The first kappa shape index (κ1) is 17.2. The maximum atomic E-state index is 9.99. The summed E-state index contributed by atoms with van der Waals surface area (Å²) in [6.45, 7) is 1.72. The van der Waals surface area contributed by atoms with Crippen LogP contribution in [0.5, 0.6) is 0 Å². The Morgan fingerprint density at radius 1 is 1.05 bits per heavy atom. The number of thiol groups is 1. The summed E-state index contributed by atoms with van der Waals surface area (Å²) in [5, 5.41) is 38.6. The lowest BCUT2D eigenvalue weighted by Gasteiger charge is -2.46. The second kappa shape index (κ2) is 7.81. The molecule has 6 heteroatoms. The Morgan fingerprint density at radius 3 is 2.26 bits per heavy atom. The van der Waals surface area contributed by atoms with Crippen LogP contribution in [0.15, 0.2) is 0 Å². The Balaban J connectivity index is 2.52. The molecule has 0 saturated carbocycles. The minimum absolute atomic E-state index is 0.414. The molecule has 0 radical (unpaired) electrons. The van der Waals surface area contributed by atoms with Crippen LogP contribution in [0.3, 0.4) is 0 Å². The highest BCUT2D eigenvalue weighted by Crippen LogP contribution is 2.37. The highest BCUT2D eigenvalue weighted by molar-refractivity contribution is 7.81. The average Bonchev–Trinajstić information content (AvgIpc) is 2.41. The summed E-state index contributed by atoms with van der Waals surface area (Å²) in [6.07, 6.45) is 0.931. The zero-order valence-electron chi connectivity index (χ0n) is 11.4. The van der Waals surface area contributed by atoms with E-state index in [1.165, 1.54) is 6.42 Å². The number of hydrogen-bond donors (Lipinski definition) is 5. The molecule has 19 heavy (non-hydrogen) atoms. The Morgan fingerprint density at radius 2 is 1.68 bits per heavy atom. The van der Waals surface area contributed by atoms with Gasteiger partial charge in [-0.1, -0.05) is 32.6 Å². The van der Waals surface area contributed by atoms with E-state index in [4.69, 9.17) is 9.84 Å². The maximum Gasteiger partial charge on any atom is 0.140 e. The van der Waals surface area contributed by atoms with E-state index in [0.29, 0.717) is 6.42 Å². The topological polar surface area (TPSA) is 90.2 Å². The third-order valence-electron chi connectivity index (χ3n) is 3.69. The van der Waals surface area contributed by atoms with E-state index in [2.05, 4.69) is 19.6 Å². The summed E-state index contributed by atoms with van der Waals surface area (Å²) in [6, 6.07) is 0. The lowest BCUT2D eigenvalue weighted by Crippen LogP contribution is -2.62. The summed E-state index contributed by atoms with van der Waals surface area (Å²) in [5.41, 5.74) is 0. The van der Waals surface area contributed by atoms with E-state index in [9.17, 15) is 15.3 Å². The van der Waals surface area contributed by atoms with Crippen LogP contribution in [-0.2, 0) is 4.74 Å². The summed E-state index contributed by atoms with van der Waals surface area (Å²) in [7, 11) is 0. The molecule has 0 aromatic heterocycles. The third kappa shape index (κ3) is 4.31. The van der Waals surface area contributed by atoms with Crippen LogP contribution >= 0.6 is 12.6 Å². The number of rotatable bonds is 7. The maximum absolute atomic E-state index is 9.99. The van der Waals surface area contributed by atoms with Crippen molar-refractivity contribution >= 4 is 12.6 Å². The highest BCUT2D eigenvalue weighted by Gasteiger charge is 2.50. The van der Waals surface area contributed by atoms with Crippen LogP contribution in [0.25, 0.3) is 0 Å². The molecule has 0 aromatic rings. The summed E-state index contributed by atoms with van der Waals surface area (Å²) in [5.74, 6) is 0. The fourth-order valence-corrected chi connectivity index (χ4v) is 2.86. The van der Waals surface area contributed by atoms with Crippen LogP contribution in [0.2, 0.25) is 0 Å².